The number of hydrogen-bond donors (Lipinski definition) is 1. The highest BCUT2D eigenvalue weighted by molar-refractivity contribution is 9.10. The molecule has 0 saturated carbocycles. The number of aliphatic carboxylic acids is 1. The number of carboxylic acids is 1. The van der Waals surface area contributed by atoms with Crippen molar-refractivity contribution in [3.63, 3.8) is 0 Å². The lowest BCUT2D eigenvalue weighted by Gasteiger charge is -2.34. The zero-order chi connectivity index (χ0) is 15.2. The number of nitrogens with zero attached hydrogens (tertiary/aromatic N) is 1. The highest BCUT2D eigenvalue weighted by Crippen LogP contribution is 2.50. The number of rotatable bonds is 3. The second kappa shape index (κ2) is 5.08. The van der Waals surface area contributed by atoms with E-state index in [9.17, 15) is 14.3 Å². The number of fused-ring (bicyclic) bond motifs is 1. The molecule has 1 aromatic rings. The van der Waals surface area contributed by atoms with E-state index < -0.39 is 29.3 Å². The van der Waals surface area contributed by atoms with E-state index in [1.165, 1.54) is 17.3 Å². The molecule has 2 saturated heterocycles. The molecule has 0 radical (unpaired) electrons. The Labute approximate surface area is 129 Å². The summed E-state index contributed by atoms with van der Waals surface area (Å²) in [4.78, 5) is 16.8. The number of hydroxylamine groups is 2. The van der Waals surface area contributed by atoms with Crippen LogP contribution in [-0.2, 0) is 19.9 Å². The van der Waals surface area contributed by atoms with Gasteiger partial charge in [-0.3, -0.25) is 4.84 Å². The molecule has 0 bridgehead atoms. The van der Waals surface area contributed by atoms with Crippen LogP contribution >= 0.6 is 15.9 Å². The van der Waals surface area contributed by atoms with Crippen molar-refractivity contribution >= 4 is 21.9 Å². The SMILES string of the molecule is C=CN1OC[C@@H]2[C@@H](C(=O)O)OC[C@@]21c1cc(Br)ccc1F. The number of hydrogen-bond acceptors (Lipinski definition) is 4. The molecular formula is C14H13BrFNO4. The fraction of sp³-hybridized carbons (Fsp3) is 0.357. The molecule has 2 aliphatic rings. The third-order valence-corrected chi connectivity index (χ3v) is 4.55. The van der Waals surface area contributed by atoms with Crippen LogP contribution < -0.4 is 0 Å². The van der Waals surface area contributed by atoms with Gasteiger partial charge in [0.05, 0.1) is 19.1 Å². The summed E-state index contributed by atoms with van der Waals surface area (Å²) in [6, 6.07) is 4.54. The number of carbonyl (C=O) groups is 1. The molecule has 0 spiro atoms. The fourth-order valence-electron chi connectivity index (χ4n) is 3.10. The van der Waals surface area contributed by atoms with Crippen LogP contribution in [0.25, 0.3) is 0 Å². The molecule has 0 aliphatic carbocycles. The van der Waals surface area contributed by atoms with Crippen LogP contribution in [0, 0.1) is 11.7 Å². The molecule has 0 amide bonds. The van der Waals surface area contributed by atoms with Gasteiger partial charge < -0.3 is 9.84 Å². The summed E-state index contributed by atoms with van der Waals surface area (Å²) >= 11 is 3.31. The molecule has 1 aromatic carbocycles. The van der Waals surface area contributed by atoms with Crippen molar-refractivity contribution in [2.45, 2.75) is 11.6 Å². The molecule has 112 valence electrons. The van der Waals surface area contributed by atoms with Crippen molar-refractivity contribution in [2.24, 2.45) is 5.92 Å². The van der Waals surface area contributed by atoms with Crippen molar-refractivity contribution in [1.82, 2.24) is 5.06 Å². The van der Waals surface area contributed by atoms with Crippen molar-refractivity contribution in [2.75, 3.05) is 13.2 Å². The molecule has 3 rings (SSSR count). The molecule has 0 unspecified atom stereocenters. The number of ether oxygens (including phenoxy) is 1. The predicted molar refractivity (Wildman–Crippen MR) is 74.6 cm³/mol. The molecule has 21 heavy (non-hydrogen) atoms. The average molecular weight is 358 g/mol. The van der Waals surface area contributed by atoms with Crippen LogP contribution in [0.4, 0.5) is 4.39 Å². The quantitative estimate of drug-likeness (QED) is 0.899. The highest BCUT2D eigenvalue weighted by Gasteiger charge is 2.61. The molecule has 3 atom stereocenters. The third kappa shape index (κ3) is 1.99. The average Bonchev–Trinajstić information content (AvgIpc) is 2.98. The first kappa shape index (κ1) is 14.5. The molecular weight excluding hydrogens is 345 g/mol. The first-order chi connectivity index (χ1) is 10.0. The zero-order valence-corrected chi connectivity index (χ0v) is 12.5. The number of carboxylic acid groups (broad SMARTS) is 1. The molecule has 2 aliphatic heterocycles. The molecule has 1 N–H and O–H groups in total. The second-order valence-electron chi connectivity index (χ2n) is 5.03. The maximum atomic E-state index is 14.4. The highest BCUT2D eigenvalue weighted by atomic mass is 79.9. The number of benzene rings is 1. The van der Waals surface area contributed by atoms with Gasteiger partial charge in [-0.1, -0.05) is 22.5 Å². The first-order valence-electron chi connectivity index (χ1n) is 6.35. The summed E-state index contributed by atoms with van der Waals surface area (Å²) in [5.74, 6) is -2.03. The van der Waals surface area contributed by atoms with Crippen LogP contribution in [0.15, 0.2) is 35.5 Å². The molecule has 2 heterocycles. The minimum Gasteiger partial charge on any atom is -0.479 e. The van der Waals surface area contributed by atoms with Crippen LogP contribution in [0.1, 0.15) is 5.56 Å². The van der Waals surface area contributed by atoms with E-state index in [-0.39, 0.29) is 13.2 Å². The summed E-state index contributed by atoms with van der Waals surface area (Å²) in [5, 5.41) is 10.7. The van der Waals surface area contributed by atoms with E-state index in [0.717, 1.165) is 0 Å². The summed E-state index contributed by atoms with van der Waals surface area (Å²) in [6.45, 7) is 3.82. The van der Waals surface area contributed by atoms with Crippen LogP contribution in [-0.4, -0.2) is 35.5 Å². The minimum absolute atomic E-state index is 0.0219. The van der Waals surface area contributed by atoms with E-state index in [2.05, 4.69) is 22.5 Å². The van der Waals surface area contributed by atoms with Gasteiger partial charge in [0.1, 0.15) is 11.4 Å². The Bertz CT molecular complexity index is 611. The van der Waals surface area contributed by atoms with Gasteiger partial charge >= 0.3 is 5.97 Å². The van der Waals surface area contributed by atoms with E-state index in [4.69, 9.17) is 9.57 Å². The van der Waals surface area contributed by atoms with Crippen molar-refractivity contribution in [3.8, 4) is 0 Å². The van der Waals surface area contributed by atoms with Gasteiger partial charge in [-0.25, -0.2) is 14.2 Å². The Kier molecular flexibility index (Phi) is 3.51. The van der Waals surface area contributed by atoms with E-state index in [1.807, 2.05) is 0 Å². The Morgan fingerprint density at radius 1 is 1.62 bits per heavy atom. The lowest BCUT2D eigenvalue weighted by atomic mass is 9.78. The lowest BCUT2D eigenvalue weighted by molar-refractivity contribution is -0.156. The van der Waals surface area contributed by atoms with Gasteiger partial charge in [-0.2, -0.15) is 0 Å². The topological polar surface area (TPSA) is 59.0 Å². The lowest BCUT2D eigenvalue weighted by Crippen LogP contribution is -2.44. The maximum Gasteiger partial charge on any atom is 0.333 e. The smallest absolute Gasteiger partial charge is 0.333 e. The van der Waals surface area contributed by atoms with Gasteiger partial charge in [0, 0.05) is 16.2 Å². The second-order valence-corrected chi connectivity index (χ2v) is 5.94. The predicted octanol–water partition coefficient (Wildman–Crippen LogP) is 2.27. The number of halogens is 2. The normalized spacial score (nSPS) is 31.2. The summed E-state index contributed by atoms with van der Waals surface area (Å²) in [5.41, 5.74) is -0.679. The van der Waals surface area contributed by atoms with Crippen LogP contribution in [0.5, 0.6) is 0 Å². The standard InChI is InChI=1S/C14H13BrFNO4/c1-2-17-14(9-5-8(15)3-4-11(9)16)7-20-12(13(18)19)10(14)6-21-17/h2-5,10,12H,1,6-7H2,(H,18,19)/t10-,12+,14-/m1/s1. The zero-order valence-electron chi connectivity index (χ0n) is 11.0. The molecule has 0 aromatic heterocycles. The molecule has 2 fully saturated rings. The Morgan fingerprint density at radius 2 is 2.38 bits per heavy atom. The first-order valence-corrected chi connectivity index (χ1v) is 7.14. The maximum absolute atomic E-state index is 14.4. The Morgan fingerprint density at radius 3 is 3.05 bits per heavy atom. The Balaban J connectivity index is 2.16. The summed E-state index contributed by atoms with van der Waals surface area (Å²) in [7, 11) is 0. The molecule has 7 heteroatoms. The van der Waals surface area contributed by atoms with Gasteiger partial charge in [0.25, 0.3) is 0 Å². The molecule has 5 nitrogen and oxygen atoms in total. The van der Waals surface area contributed by atoms with Gasteiger partial charge in [-0.05, 0) is 18.2 Å². The van der Waals surface area contributed by atoms with Crippen LogP contribution in [0.2, 0.25) is 0 Å². The van der Waals surface area contributed by atoms with Gasteiger partial charge in [0.2, 0.25) is 0 Å². The van der Waals surface area contributed by atoms with Crippen molar-refractivity contribution < 1.29 is 23.9 Å². The van der Waals surface area contributed by atoms with Gasteiger partial charge in [-0.15, -0.1) is 0 Å². The van der Waals surface area contributed by atoms with Gasteiger partial charge in [0.15, 0.2) is 6.10 Å². The van der Waals surface area contributed by atoms with Crippen molar-refractivity contribution in [1.29, 1.82) is 0 Å². The van der Waals surface area contributed by atoms with E-state index >= 15 is 0 Å². The minimum atomic E-state index is -1.08. The van der Waals surface area contributed by atoms with E-state index in [0.29, 0.717) is 10.0 Å². The third-order valence-electron chi connectivity index (χ3n) is 4.05. The summed E-state index contributed by atoms with van der Waals surface area (Å²) < 4.78 is 20.5. The van der Waals surface area contributed by atoms with Crippen molar-refractivity contribution in [3.05, 3.63) is 46.8 Å². The Hall–Kier alpha value is -1.44. The van der Waals surface area contributed by atoms with Crippen LogP contribution in [0.3, 0.4) is 0 Å². The monoisotopic (exact) mass is 357 g/mol. The fourth-order valence-corrected chi connectivity index (χ4v) is 3.46. The van der Waals surface area contributed by atoms with E-state index in [1.54, 1.807) is 12.1 Å². The largest absolute Gasteiger partial charge is 0.479 e. The summed E-state index contributed by atoms with van der Waals surface area (Å²) in [6.07, 6.45) is 0.391.